The topological polar surface area (TPSA) is 74.8 Å². The molecule has 0 spiro atoms. The molecule has 3 aromatic rings. The summed E-state index contributed by atoms with van der Waals surface area (Å²) in [5.41, 5.74) is 4.25. The van der Waals surface area contributed by atoms with Crippen molar-refractivity contribution in [2.75, 3.05) is 31.2 Å². The lowest BCUT2D eigenvalue weighted by atomic mass is 10.0. The van der Waals surface area contributed by atoms with Gasteiger partial charge >= 0.3 is 0 Å². The fraction of sp³-hybridized carbons (Fsp3) is 0.345. The number of piperidine rings is 1. The van der Waals surface area contributed by atoms with Gasteiger partial charge in [-0.05, 0) is 54.8 Å². The molecule has 2 aromatic carbocycles. The number of anilines is 1. The van der Waals surface area contributed by atoms with Gasteiger partial charge in [-0.2, -0.15) is 0 Å². The minimum absolute atomic E-state index is 0.157. The third-order valence-corrected chi connectivity index (χ3v) is 7.50. The highest BCUT2D eigenvalue weighted by molar-refractivity contribution is 6.26. The maximum atomic E-state index is 13.0. The second-order valence-electron chi connectivity index (χ2n) is 9.88. The Morgan fingerprint density at radius 3 is 2.67 bits per heavy atom. The van der Waals surface area contributed by atoms with Gasteiger partial charge in [0.1, 0.15) is 0 Å². The summed E-state index contributed by atoms with van der Waals surface area (Å²) in [5.74, 6) is -0.351. The molecular weight excluding hydrogens is 452 g/mol. The second-order valence-corrected chi connectivity index (χ2v) is 9.88. The molecule has 3 aliphatic rings. The average Bonchev–Trinajstić information content (AvgIpc) is 3.14. The van der Waals surface area contributed by atoms with Gasteiger partial charge in [0.15, 0.2) is 0 Å². The first-order chi connectivity index (χ1) is 17.6. The SMILES string of the molecule is CC(=O)N1/C(=C\c2ccc3cc(CNC4CCN(C5COC5)CC4)ccc3n2)C(=O)c2ccccc21. The number of pyridine rings is 1. The third-order valence-electron chi connectivity index (χ3n) is 7.50. The number of rotatable bonds is 5. The summed E-state index contributed by atoms with van der Waals surface area (Å²) in [6.45, 7) is 6.36. The van der Waals surface area contributed by atoms with E-state index in [9.17, 15) is 9.59 Å². The molecular formula is C29H30N4O3. The van der Waals surface area contributed by atoms with Crippen LogP contribution in [0.5, 0.6) is 0 Å². The van der Waals surface area contributed by atoms with Crippen LogP contribution in [0.1, 0.15) is 41.4 Å². The fourth-order valence-corrected chi connectivity index (χ4v) is 5.39. The van der Waals surface area contributed by atoms with E-state index in [0.717, 1.165) is 43.8 Å². The number of benzene rings is 2. The lowest BCUT2D eigenvalue weighted by molar-refractivity contribution is -0.116. The van der Waals surface area contributed by atoms with Crippen molar-refractivity contribution >= 4 is 34.4 Å². The predicted molar refractivity (Wildman–Crippen MR) is 140 cm³/mol. The number of ether oxygens (including phenoxy) is 1. The number of ketones is 1. The summed E-state index contributed by atoms with van der Waals surface area (Å²) < 4.78 is 5.33. The van der Waals surface area contributed by atoms with Crippen molar-refractivity contribution in [3.63, 3.8) is 0 Å². The molecule has 1 N–H and O–H groups in total. The van der Waals surface area contributed by atoms with Crippen LogP contribution in [-0.4, -0.2) is 60.0 Å². The zero-order valence-corrected chi connectivity index (χ0v) is 20.4. The van der Waals surface area contributed by atoms with Crippen molar-refractivity contribution in [3.05, 3.63) is 77.1 Å². The van der Waals surface area contributed by atoms with Crippen LogP contribution < -0.4 is 10.2 Å². The largest absolute Gasteiger partial charge is 0.378 e. The number of nitrogens with one attached hydrogen (secondary N) is 1. The first-order valence-corrected chi connectivity index (χ1v) is 12.7. The van der Waals surface area contributed by atoms with Crippen LogP contribution in [0.3, 0.4) is 0 Å². The molecule has 0 atom stereocenters. The minimum Gasteiger partial charge on any atom is -0.378 e. The maximum absolute atomic E-state index is 13.0. The van der Waals surface area contributed by atoms with E-state index in [4.69, 9.17) is 9.72 Å². The molecule has 0 unspecified atom stereocenters. The molecule has 4 heterocycles. The Morgan fingerprint density at radius 1 is 1.11 bits per heavy atom. The molecule has 2 fully saturated rings. The van der Waals surface area contributed by atoms with E-state index in [0.29, 0.717) is 34.7 Å². The smallest absolute Gasteiger partial charge is 0.228 e. The Morgan fingerprint density at radius 2 is 1.92 bits per heavy atom. The lowest BCUT2D eigenvalue weighted by Crippen LogP contribution is -2.53. The van der Waals surface area contributed by atoms with Crippen LogP contribution in [-0.2, 0) is 16.1 Å². The van der Waals surface area contributed by atoms with Gasteiger partial charge in [0.05, 0.1) is 41.9 Å². The number of para-hydroxylation sites is 1. The molecule has 0 saturated carbocycles. The van der Waals surface area contributed by atoms with E-state index in [-0.39, 0.29) is 11.7 Å². The van der Waals surface area contributed by atoms with Gasteiger partial charge in [-0.1, -0.05) is 24.3 Å². The predicted octanol–water partition coefficient (Wildman–Crippen LogP) is 3.78. The molecule has 6 rings (SSSR count). The van der Waals surface area contributed by atoms with Gasteiger partial charge in [-0.15, -0.1) is 0 Å². The van der Waals surface area contributed by atoms with Gasteiger partial charge in [-0.3, -0.25) is 19.4 Å². The van der Waals surface area contributed by atoms with Gasteiger partial charge in [0.25, 0.3) is 0 Å². The van der Waals surface area contributed by atoms with Crippen LogP contribution in [0, 0.1) is 0 Å². The molecule has 7 nitrogen and oxygen atoms in total. The number of amides is 1. The van der Waals surface area contributed by atoms with Crippen LogP contribution in [0.2, 0.25) is 0 Å². The molecule has 1 aromatic heterocycles. The first kappa shape index (κ1) is 23.0. The zero-order valence-electron chi connectivity index (χ0n) is 20.4. The number of likely N-dealkylation sites (tertiary alicyclic amines) is 1. The summed E-state index contributed by atoms with van der Waals surface area (Å²) in [6, 6.07) is 18.6. The number of fused-ring (bicyclic) bond motifs is 2. The number of aromatic nitrogens is 1. The van der Waals surface area contributed by atoms with E-state index in [1.165, 1.54) is 30.2 Å². The molecule has 0 bridgehead atoms. The number of nitrogens with zero attached hydrogens (tertiary/aromatic N) is 3. The molecule has 1 amide bonds. The van der Waals surface area contributed by atoms with Gasteiger partial charge < -0.3 is 10.1 Å². The van der Waals surface area contributed by atoms with Gasteiger partial charge in [-0.25, -0.2) is 4.98 Å². The highest BCUT2D eigenvalue weighted by Gasteiger charge is 2.34. The van der Waals surface area contributed by atoms with Crippen molar-refractivity contribution in [2.45, 2.75) is 38.4 Å². The zero-order chi connectivity index (χ0) is 24.6. The molecule has 7 heteroatoms. The van der Waals surface area contributed by atoms with Crippen LogP contribution in [0.15, 0.2) is 60.3 Å². The van der Waals surface area contributed by atoms with Crippen LogP contribution in [0.4, 0.5) is 5.69 Å². The highest BCUT2D eigenvalue weighted by Crippen LogP contribution is 2.35. The van der Waals surface area contributed by atoms with E-state index in [1.54, 1.807) is 18.2 Å². The normalized spacial score (nSPS) is 20.2. The summed E-state index contributed by atoms with van der Waals surface area (Å²) in [5, 5.41) is 4.78. The summed E-state index contributed by atoms with van der Waals surface area (Å²) >= 11 is 0. The van der Waals surface area contributed by atoms with Crippen molar-refractivity contribution in [3.8, 4) is 0 Å². The van der Waals surface area contributed by atoms with Crippen molar-refractivity contribution in [2.24, 2.45) is 0 Å². The molecule has 36 heavy (non-hydrogen) atoms. The summed E-state index contributed by atoms with van der Waals surface area (Å²) in [6.07, 6.45) is 4.05. The Labute approximate surface area is 210 Å². The molecule has 184 valence electrons. The van der Waals surface area contributed by atoms with Crippen LogP contribution in [0.25, 0.3) is 17.0 Å². The number of hydrogen-bond donors (Lipinski definition) is 1. The molecule has 0 radical (unpaired) electrons. The van der Waals surface area contributed by atoms with E-state index >= 15 is 0 Å². The second kappa shape index (κ2) is 9.58. The third kappa shape index (κ3) is 4.34. The maximum Gasteiger partial charge on any atom is 0.228 e. The number of allylic oxidation sites excluding steroid dienone is 1. The van der Waals surface area contributed by atoms with Crippen LogP contribution >= 0.6 is 0 Å². The minimum atomic E-state index is -0.194. The Bertz CT molecular complexity index is 1360. The molecule has 3 aliphatic heterocycles. The number of hydrogen-bond acceptors (Lipinski definition) is 6. The van der Waals surface area contributed by atoms with Crippen molar-refractivity contribution in [1.82, 2.24) is 15.2 Å². The van der Waals surface area contributed by atoms with Gasteiger partial charge in [0.2, 0.25) is 11.7 Å². The Balaban J connectivity index is 1.15. The lowest BCUT2D eigenvalue weighted by Gasteiger charge is -2.41. The first-order valence-electron chi connectivity index (χ1n) is 12.7. The Kier molecular flexibility index (Phi) is 6.13. The summed E-state index contributed by atoms with van der Waals surface area (Å²) in [4.78, 5) is 34.1. The number of Topliss-reactive ketones (excluding diaryl/α,β-unsaturated/α-hetero) is 1. The standard InChI is InChI=1S/C29H30N4O3/c1-19(34)33-27-5-3-2-4-25(27)29(35)28(33)15-23-8-7-21-14-20(6-9-26(21)31-23)16-30-22-10-12-32(13-11-22)24-17-36-18-24/h2-9,14-15,22,24,30H,10-13,16-18H2,1H3/b28-15-. The van der Waals surface area contributed by atoms with Gasteiger partial charge in [0, 0.05) is 43.5 Å². The van der Waals surface area contributed by atoms with Crippen molar-refractivity contribution in [1.29, 1.82) is 0 Å². The highest BCUT2D eigenvalue weighted by atomic mass is 16.5. The molecule has 2 saturated heterocycles. The van der Waals surface area contributed by atoms with E-state index in [2.05, 4.69) is 22.3 Å². The average molecular weight is 483 g/mol. The monoisotopic (exact) mass is 482 g/mol. The fourth-order valence-electron chi connectivity index (χ4n) is 5.39. The number of carbonyl (C=O) groups is 2. The molecule has 0 aliphatic carbocycles. The van der Waals surface area contributed by atoms with E-state index in [1.807, 2.05) is 30.3 Å². The Hall–Kier alpha value is -3.39. The quantitative estimate of drug-likeness (QED) is 0.558. The number of carbonyl (C=O) groups excluding carboxylic acids is 2. The summed E-state index contributed by atoms with van der Waals surface area (Å²) in [7, 11) is 0. The van der Waals surface area contributed by atoms with E-state index < -0.39 is 0 Å². The van der Waals surface area contributed by atoms with Crippen molar-refractivity contribution < 1.29 is 14.3 Å².